The van der Waals surface area contributed by atoms with Crippen LogP contribution < -0.4 is 10.5 Å². The lowest BCUT2D eigenvalue weighted by molar-refractivity contribution is -0.122. The number of ether oxygens (including phenoxy) is 2. The van der Waals surface area contributed by atoms with Crippen molar-refractivity contribution in [2.45, 2.75) is 44.8 Å². The van der Waals surface area contributed by atoms with Crippen LogP contribution in [0, 0.1) is 5.92 Å². The van der Waals surface area contributed by atoms with Crippen molar-refractivity contribution < 1.29 is 14.3 Å². The number of hydrogen-bond donors (Lipinski definition) is 1. The predicted octanol–water partition coefficient (Wildman–Crippen LogP) is 3.70. The predicted molar refractivity (Wildman–Crippen MR) is 122 cm³/mol. The van der Waals surface area contributed by atoms with Crippen molar-refractivity contribution in [3.63, 3.8) is 0 Å². The highest BCUT2D eigenvalue weighted by molar-refractivity contribution is 5.80. The first-order valence-electron chi connectivity index (χ1n) is 11.5. The normalized spacial score (nSPS) is 20.1. The zero-order chi connectivity index (χ0) is 21.9. The van der Waals surface area contributed by atoms with E-state index < -0.39 is 0 Å². The Morgan fingerprint density at radius 1 is 1.09 bits per heavy atom. The quantitative estimate of drug-likeness (QED) is 0.613. The maximum absolute atomic E-state index is 11.9. The number of primary amides is 1. The van der Waals surface area contributed by atoms with Crippen LogP contribution in [0.5, 0.6) is 11.5 Å². The number of hydrogen-bond acceptors (Lipinski definition) is 5. The first kappa shape index (κ1) is 21.0. The summed E-state index contributed by atoms with van der Waals surface area (Å²) in [5.41, 5.74) is 7.67. The standard InChI is InChI=1S/C25H30N4O3/c26-25(30)22-7-4-12-28(22)17-24-27-21-9-8-20(32-19-5-2-1-3-6-19)15-23(21)29(24)16-18-10-13-31-14-11-18/h1-3,5-6,8-9,15,18,22H,4,7,10-14,16-17H2,(H2,26,30)/t22-/m0/s1. The second-order valence-corrected chi connectivity index (χ2v) is 8.79. The van der Waals surface area contributed by atoms with E-state index in [9.17, 15) is 4.79 Å². The van der Waals surface area contributed by atoms with Crippen molar-refractivity contribution in [2.24, 2.45) is 11.7 Å². The lowest BCUT2D eigenvalue weighted by Crippen LogP contribution is -2.40. The third-order valence-corrected chi connectivity index (χ3v) is 6.60. The first-order valence-corrected chi connectivity index (χ1v) is 11.5. The van der Waals surface area contributed by atoms with Gasteiger partial charge in [0.2, 0.25) is 5.91 Å². The molecule has 2 saturated heterocycles. The number of carbonyl (C=O) groups is 1. The molecule has 1 aromatic heterocycles. The lowest BCUT2D eigenvalue weighted by atomic mass is 10.0. The molecule has 5 rings (SSSR count). The van der Waals surface area contributed by atoms with Gasteiger partial charge in [0.05, 0.1) is 23.6 Å². The second-order valence-electron chi connectivity index (χ2n) is 8.79. The summed E-state index contributed by atoms with van der Waals surface area (Å²) >= 11 is 0. The van der Waals surface area contributed by atoms with Crippen LogP contribution in [0.3, 0.4) is 0 Å². The van der Waals surface area contributed by atoms with Gasteiger partial charge in [-0.1, -0.05) is 18.2 Å². The monoisotopic (exact) mass is 434 g/mol. The molecule has 3 aromatic rings. The molecule has 1 amide bonds. The number of benzene rings is 2. The molecule has 0 unspecified atom stereocenters. The summed E-state index contributed by atoms with van der Waals surface area (Å²) in [6, 6.07) is 15.7. The summed E-state index contributed by atoms with van der Waals surface area (Å²) in [6.45, 7) is 4.01. The van der Waals surface area contributed by atoms with E-state index >= 15 is 0 Å². The Kier molecular flexibility index (Phi) is 6.10. The van der Waals surface area contributed by atoms with Gasteiger partial charge in [-0.2, -0.15) is 0 Å². The first-order chi connectivity index (χ1) is 15.7. The van der Waals surface area contributed by atoms with E-state index in [1.54, 1.807) is 0 Å². The molecule has 0 radical (unpaired) electrons. The van der Waals surface area contributed by atoms with E-state index in [0.29, 0.717) is 12.5 Å². The maximum Gasteiger partial charge on any atom is 0.234 e. The second kappa shape index (κ2) is 9.30. The Labute approximate surface area is 188 Å². The van der Waals surface area contributed by atoms with Crippen LogP contribution in [0.25, 0.3) is 11.0 Å². The highest BCUT2D eigenvalue weighted by Crippen LogP contribution is 2.29. The van der Waals surface area contributed by atoms with E-state index in [-0.39, 0.29) is 11.9 Å². The Bertz CT molecular complexity index is 1080. The summed E-state index contributed by atoms with van der Waals surface area (Å²) in [5, 5.41) is 0. The third-order valence-electron chi connectivity index (χ3n) is 6.60. The summed E-state index contributed by atoms with van der Waals surface area (Å²) in [4.78, 5) is 19.1. The summed E-state index contributed by atoms with van der Waals surface area (Å²) in [7, 11) is 0. The smallest absolute Gasteiger partial charge is 0.234 e. The molecular formula is C25H30N4O3. The molecule has 7 nitrogen and oxygen atoms in total. The van der Waals surface area contributed by atoms with Gasteiger partial charge >= 0.3 is 0 Å². The maximum atomic E-state index is 11.9. The molecule has 2 aromatic carbocycles. The fourth-order valence-corrected chi connectivity index (χ4v) is 4.87. The number of nitrogens with two attached hydrogens (primary N) is 1. The molecule has 0 bridgehead atoms. The number of aromatic nitrogens is 2. The molecule has 0 saturated carbocycles. The van der Waals surface area contributed by atoms with E-state index in [4.69, 9.17) is 20.2 Å². The molecule has 1 atom stereocenters. The number of carbonyl (C=O) groups excluding carboxylic acids is 1. The Balaban J connectivity index is 1.48. The van der Waals surface area contributed by atoms with E-state index in [2.05, 4.69) is 15.5 Å². The van der Waals surface area contributed by atoms with Crippen molar-refractivity contribution in [3.8, 4) is 11.5 Å². The Hall–Kier alpha value is -2.90. The van der Waals surface area contributed by atoms with Crippen LogP contribution in [0.1, 0.15) is 31.5 Å². The van der Waals surface area contributed by atoms with Gasteiger partial charge in [-0.15, -0.1) is 0 Å². The van der Waals surface area contributed by atoms with Crippen LogP contribution in [-0.2, 0) is 22.6 Å². The molecule has 2 fully saturated rings. The van der Waals surface area contributed by atoms with Gasteiger partial charge in [0.1, 0.15) is 17.3 Å². The molecule has 0 spiro atoms. The fraction of sp³-hybridized carbons (Fsp3) is 0.440. The minimum absolute atomic E-state index is 0.205. The summed E-state index contributed by atoms with van der Waals surface area (Å²) < 4.78 is 14.0. The van der Waals surface area contributed by atoms with Gasteiger partial charge in [0.15, 0.2) is 0 Å². The number of amides is 1. The Morgan fingerprint density at radius 3 is 2.69 bits per heavy atom. The van der Waals surface area contributed by atoms with Gasteiger partial charge in [0.25, 0.3) is 0 Å². The topological polar surface area (TPSA) is 82.6 Å². The van der Waals surface area contributed by atoms with Crippen LogP contribution >= 0.6 is 0 Å². The molecule has 2 aliphatic rings. The highest BCUT2D eigenvalue weighted by atomic mass is 16.5. The lowest BCUT2D eigenvalue weighted by Gasteiger charge is -2.25. The number of rotatable bonds is 7. The van der Waals surface area contributed by atoms with Crippen LogP contribution in [0.15, 0.2) is 48.5 Å². The van der Waals surface area contributed by atoms with Gasteiger partial charge in [0, 0.05) is 25.8 Å². The minimum Gasteiger partial charge on any atom is -0.457 e. The SMILES string of the molecule is NC(=O)[C@@H]1CCCN1Cc1nc2ccc(Oc3ccccc3)cc2n1CC1CCOCC1. The summed E-state index contributed by atoms with van der Waals surface area (Å²) in [5.74, 6) is 2.89. The van der Waals surface area contributed by atoms with Crippen molar-refractivity contribution in [1.29, 1.82) is 0 Å². The molecule has 3 heterocycles. The average molecular weight is 435 g/mol. The van der Waals surface area contributed by atoms with E-state index in [1.807, 2.05) is 42.5 Å². The molecule has 32 heavy (non-hydrogen) atoms. The molecule has 7 heteroatoms. The third kappa shape index (κ3) is 4.49. The zero-order valence-electron chi connectivity index (χ0n) is 18.3. The van der Waals surface area contributed by atoms with Crippen molar-refractivity contribution in [3.05, 3.63) is 54.4 Å². The fourth-order valence-electron chi connectivity index (χ4n) is 4.87. The van der Waals surface area contributed by atoms with Gasteiger partial charge < -0.3 is 19.8 Å². The molecule has 2 N–H and O–H groups in total. The number of para-hydroxylation sites is 1. The van der Waals surface area contributed by atoms with Gasteiger partial charge in [-0.25, -0.2) is 4.98 Å². The number of fused-ring (bicyclic) bond motifs is 1. The van der Waals surface area contributed by atoms with Crippen molar-refractivity contribution >= 4 is 16.9 Å². The number of nitrogens with zero attached hydrogens (tertiary/aromatic N) is 3. The van der Waals surface area contributed by atoms with Crippen LogP contribution in [0.4, 0.5) is 0 Å². The molecular weight excluding hydrogens is 404 g/mol. The molecule has 2 aliphatic heterocycles. The highest BCUT2D eigenvalue weighted by Gasteiger charge is 2.30. The Morgan fingerprint density at radius 2 is 1.91 bits per heavy atom. The number of imidazole rings is 1. The van der Waals surface area contributed by atoms with Crippen molar-refractivity contribution in [1.82, 2.24) is 14.5 Å². The van der Waals surface area contributed by atoms with E-state index in [0.717, 1.165) is 80.3 Å². The van der Waals surface area contributed by atoms with Crippen molar-refractivity contribution in [2.75, 3.05) is 19.8 Å². The average Bonchev–Trinajstić information content (AvgIpc) is 3.40. The molecule has 0 aliphatic carbocycles. The largest absolute Gasteiger partial charge is 0.457 e. The number of likely N-dealkylation sites (tertiary alicyclic amines) is 1. The van der Waals surface area contributed by atoms with E-state index in [1.165, 1.54) is 0 Å². The van der Waals surface area contributed by atoms with Crippen LogP contribution in [-0.4, -0.2) is 46.2 Å². The van der Waals surface area contributed by atoms with Crippen LogP contribution in [0.2, 0.25) is 0 Å². The zero-order valence-corrected chi connectivity index (χ0v) is 18.3. The minimum atomic E-state index is -0.242. The van der Waals surface area contributed by atoms with Gasteiger partial charge in [-0.05, 0) is 62.4 Å². The van der Waals surface area contributed by atoms with Gasteiger partial charge in [-0.3, -0.25) is 9.69 Å². The molecule has 168 valence electrons. The summed E-state index contributed by atoms with van der Waals surface area (Å²) in [6.07, 6.45) is 3.91.